The lowest BCUT2D eigenvalue weighted by molar-refractivity contribution is -0.138. The molecule has 0 saturated carbocycles. The fourth-order valence-electron chi connectivity index (χ4n) is 2.16. The molecular formula is C13H17NO3. The van der Waals surface area contributed by atoms with Gasteiger partial charge in [-0.25, -0.2) is 0 Å². The highest BCUT2D eigenvalue weighted by Gasteiger charge is 2.32. The Morgan fingerprint density at radius 3 is 2.94 bits per heavy atom. The molecule has 0 saturated heterocycles. The molecule has 0 aliphatic carbocycles. The van der Waals surface area contributed by atoms with Crippen LogP contribution in [0.3, 0.4) is 0 Å². The number of para-hydroxylation sites is 1. The van der Waals surface area contributed by atoms with E-state index >= 15 is 0 Å². The van der Waals surface area contributed by atoms with Crippen molar-refractivity contribution in [1.82, 2.24) is 0 Å². The molecule has 0 aromatic heterocycles. The van der Waals surface area contributed by atoms with Crippen LogP contribution in [0.4, 0.5) is 0 Å². The van der Waals surface area contributed by atoms with Gasteiger partial charge < -0.3 is 15.6 Å². The van der Waals surface area contributed by atoms with Crippen molar-refractivity contribution in [2.75, 3.05) is 0 Å². The monoisotopic (exact) mass is 235 g/mol. The number of carbonyl (C=O) groups is 1. The summed E-state index contributed by atoms with van der Waals surface area (Å²) in [5.41, 5.74) is 7.35. The van der Waals surface area contributed by atoms with Crippen LogP contribution in [-0.4, -0.2) is 22.7 Å². The van der Waals surface area contributed by atoms with Crippen LogP contribution in [0, 0.1) is 0 Å². The van der Waals surface area contributed by atoms with Crippen molar-refractivity contribution >= 4 is 5.97 Å². The predicted molar refractivity (Wildman–Crippen MR) is 64.2 cm³/mol. The Labute approximate surface area is 100 Å². The topological polar surface area (TPSA) is 72.6 Å². The minimum atomic E-state index is -0.986. The summed E-state index contributed by atoms with van der Waals surface area (Å²) < 4.78 is 5.86. The van der Waals surface area contributed by atoms with E-state index in [2.05, 4.69) is 0 Å². The molecule has 3 N–H and O–H groups in total. The number of benzene rings is 1. The molecule has 2 rings (SSSR count). The van der Waals surface area contributed by atoms with Crippen molar-refractivity contribution in [3.05, 3.63) is 29.3 Å². The van der Waals surface area contributed by atoms with Gasteiger partial charge in [0, 0.05) is 12.8 Å². The van der Waals surface area contributed by atoms with Gasteiger partial charge in [-0.1, -0.05) is 18.2 Å². The van der Waals surface area contributed by atoms with E-state index in [1.165, 1.54) is 0 Å². The minimum Gasteiger partial charge on any atom is -0.487 e. The summed E-state index contributed by atoms with van der Waals surface area (Å²) in [6.45, 7) is 4.04. The summed E-state index contributed by atoms with van der Waals surface area (Å²) in [5.74, 6) is -0.172. The lowest BCUT2D eigenvalue weighted by Crippen LogP contribution is -2.32. The molecule has 0 spiro atoms. The SMILES string of the molecule is CC1(C)Cc2cccc(C[C@@H](N)C(=O)O)c2O1. The quantitative estimate of drug-likeness (QED) is 0.829. The molecule has 4 heteroatoms. The molecule has 0 unspecified atom stereocenters. The van der Waals surface area contributed by atoms with Crippen molar-refractivity contribution in [2.45, 2.75) is 38.3 Å². The van der Waals surface area contributed by atoms with Crippen LogP contribution in [0.25, 0.3) is 0 Å². The zero-order chi connectivity index (χ0) is 12.6. The Bertz CT molecular complexity index is 454. The largest absolute Gasteiger partial charge is 0.487 e. The molecule has 1 aromatic carbocycles. The van der Waals surface area contributed by atoms with Gasteiger partial charge in [-0.2, -0.15) is 0 Å². The second-order valence-corrected chi connectivity index (χ2v) is 5.09. The summed E-state index contributed by atoms with van der Waals surface area (Å²) >= 11 is 0. The van der Waals surface area contributed by atoms with Crippen molar-refractivity contribution in [3.8, 4) is 5.75 Å². The third kappa shape index (κ3) is 2.42. The van der Waals surface area contributed by atoms with E-state index in [9.17, 15) is 4.79 Å². The number of aliphatic carboxylic acids is 1. The molecule has 1 aliphatic rings. The maximum absolute atomic E-state index is 10.8. The number of ether oxygens (including phenoxy) is 1. The Kier molecular flexibility index (Phi) is 2.83. The number of rotatable bonds is 3. The van der Waals surface area contributed by atoms with Crippen LogP contribution in [-0.2, 0) is 17.6 Å². The molecule has 4 nitrogen and oxygen atoms in total. The van der Waals surface area contributed by atoms with E-state index in [1.807, 2.05) is 32.0 Å². The van der Waals surface area contributed by atoms with Gasteiger partial charge in [0.15, 0.2) is 0 Å². The molecule has 0 amide bonds. The summed E-state index contributed by atoms with van der Waals surface area (Å²) in [6.07, 6.45) is 1.15. The smallest absolute Gasteiger partial charge is 0.320 e. The third-order valence-corrected chi connectivity index (χ3v) is 2.93. The summed E-state index contributed by atoms with van der Waals surface area (Å²) in [4.78, 5) is 10.8. The fraction of sp³-hybridized carbons (Fsp3) is 0.462. The first-order valence-corrected chi connectivity index (χ1v) is 5.67. The number of carboxylic acids is 1. The van der Waals surface area contributed by atoms with E-state index in [1.54, 1.807) is 0 Å². The summed E-state index contributed by atoms with van der Waals surface area (Å²) in [5, 5.41) is 8.83. The van der Waals surface area contributed by atoms with E-state index in [0.717, 1.165) is 23.3 Å². The Morgan fingerprint density at radius 1 is 1.59 bits per heavy atom. The van der Waals surface area contributed by atoms with Gasteiger partial charge in [0.2, 0.25) is 0 Å². The fourth-order valence-corrected chi connectivity index (χ4v) is 2.16. The van der Waals surface area contributed by atoms with E-state index in [-0.39, 0.29) is 5.60 Å². The number of nitrogens with two attached hydrogens (primary N) is 1. The van der Waals surface area contributed by atoms with E-state index in [0.29, 0.717) is 6.42 Å². The van der Waals surface area contributed by atoms with E-state index in [4.69, 9.17) is 15.6 Å². The molecule has 1 heterocycles. The number of carboxylic acid groups (broad SMARTS) is 1. The first kappa shape index (κ1) is 11.9. The van der Waals surface area contributed by atoms with Gasteiger partial charge in [0.05, 0.1) is 0 Å². The summed E-state index contributed by atoms with van der Waals surface area (Å²) in [6, 6.07) is 4.94. The zero-order valence-electron chi connectivity index (χ0n) is 10.1. The van der Waals surface area contributed by atoms with Crippen LogP contribution in [0.5, 0.6) is 5.75 Å². The second kappa shape index (κ2) is 4.04. The van der Waals surface area contributed by atoms with Crippen molar-refractivity contribution in [2.24, 2.45) is 5.73 Å². The van der Waals surface area contributed by atoms with Crippen LogP contribution in [0.2, 0.25) is 0 Å². The highest BCUT2D eigenvalue weighted by Crippen LogP contribution is 2.37. The Hall–Kier alpha value is -1.55. The molecule has 92 valence electrons. The number of fused-ring (bicyclic) bond motifs is 1. The van der Waals surface area contributed by atoms with Crippen molar-refractivity contribution in [3.63, 3.8) is 0 Å². The van der Waals surface area contributed by atoms with Gasteiger partial charge in [0.25, 0.3) is 0 Å². The van der Waals surface area contributed by atoms with Crippen molar-refractivity contribution < 1.29 is 14.6 Å². The number of hydrogen-bond donors (Lipinski definition) is 2. The standard InChI is InChI=1S/C13H17NO3/c1-13(2)7-9-5-3-4-8(11(9)17-13)6-10(14)12(15)16/h3-5,10H,6-7,14H2,1-2H3,(H,15,16)/t10-/m1/s1. The summed E-state index contributed by atoms with van der Waals surface area (Å²) in [7, 11) is 0. The molecule has 0 fully saturated rings. The second-order valence-electron chi connectivity index (χ2n) is 5.09. The maximum atomic E-state index is 10.8. The van der Waals surface area contributed by atoms with Gasteiger partial charge in [-0.15, -0.1) is 0 Å². The minimum absolute atomic E-state index is 0.217. The first-order valence-electron chi connectivity index (χ1n) is 5.67. The average Bonchev–Trinajstić information content (AvgIpc) is 2.53. The van der Waals surface area contributed by atoms with Crippen LogP contribution in [0.15, 0.2) is 18.2 Å². The Morgan fingerprint density at radius 2 is 2.29 bits per heavy atom. The normalized spacial score (nSPS) is 18.3. The van der Waals surface area contributed by atoms with Gasteiger partial charge in [-0.05, 0) is 25.0 Å². The first-order chi connectivity index (χ1) is 7.89. The lowest BCUT2D eigenvalue weighted by atomic mass is 9.98. The molecule has 0 bridgehead atoms. The van der Waals surface area contributed by atoms with Crippen LogP contribution < -0.4 is 10.5 Å². The van der Waals surface area contributed by atoms with Crippen molar-refractivity contribution in [1.29, 1.82) is 0 Å². The molecule has 1 aliphatic heterocycles. The lowest BCUT2D eigenvalue weighted by Gasteiger charge is -2.18. The molecule has 1 atom stereocenters. The highest BCUT2D eigenvalue weighted by molar-refractivity contribution is 5.73. The average molecular weight is 235 g/mol. The van der Waals surface area contributed by atoms with Crippen LogP contribution in [0.1, 0.15) is 25.0 Å². The Balaban J connectivity index is 2.27. The van der Waals surface area contributed by atoms with Crippen LogP contribution >= 0.6 is 0 Å². The maximum Gasteiger partial charge on any atom is 0.320 e. The molecule has 17 heavy (non-hydrogen) atoms. The molecule has 0 radical (unpaired) electrons. The predicted octanol–water partition coefficient (Wildman–Crippen LogP) is 1.35. The van der Waals surface area contributed by atoms with E-state index < -0.39 is 12.0 Å². The van der Waals surface area contributed by atoms with Gasteiger partial charge in [-0.3, -0.25) is 4.79 Å². The number of hydrogen-bond acceptors (Lipinski definition) is 3. The molecule has 1 aromatic rings. The molecular weight excluding hydrogens is 218 g/mol. The highest BCUT2D eigenvalue weighted by atomic mass is 16.5. The third-order valence-electron chi connectivity index (χ3n) is 2.93. The van der Waals surface area contributed by atoms with Gasteiger partial charge >= 0.3 is 5.97 Å². The van der Waals surface area contributed by atoms with Gasteiger partial charge in [0.1, 0.15) is 17.4 Å². The zero-order valence-corrected chi connectivity index (χ0v) is 10.1.